The highest BCUT2D eigenvalue weighted by Gasteiger charge is 2.20. The van der Waals surface area contributed by atoms with Crippen molar-refractivity contribution in [1.29, 1.82) is 0 Å². The number of nitrogens with one attached hydrogen (secondary N) is 2. The molecule has 1 amide bonds. The molecule has 2 aromatic heterocycles. The van der Waals surface area contributed by atoms with Gasteiger partial charge in [-0.1, -0.05) is 12.6 Å². The van der Waals surface area contributed by atoms with E-state index in [-0.39, 0.29) is 17.4 Å². The fraction of sp³-hybridized carbons (Fsp3) is 0.333. The number of hydrogen-bond donors (Lipinski definition) is 2. The molecule has 0 saturated carbocycles. The van der Waals surface area contributed by atoms with Crippen LogP contribution in [0.5, 0.6) is 5.75 Å². The molecule has 0 spiro atoms. The van der Waals surface area contributed by atoms with Crippen LogP contribution < -0.4 is 20.3 Å². The normalized spacial score (nSPS) is 14.2. The molecule has 1 saturated heterocycles. The molecule has 0 bridgehead atoms. The smallest absolute Gasteiger partial charge is 0.387 e. The van der Waals surface area contributed by atoms with Gasteiger partial charge in [0.2, 0.25) is 11.9 Å². The second-order valence-corrected chi connectivity index (χ2v) is 10.4. The first-order valence-electron chi connectivity index (χ1n) is 13.9. The molecule has 43 heavy (non-hydrogen) atoms. The van der Waals surface area contributed by atoms with E-state index < -0.39 is 12.5 Å². The van der Waals surface area contributed by atoms with Crippen molar-refractivity contribution in [2.24, 2.45) is 7.05 Å². The van der Waals surface area contributed by atoms with E-state index in [2.05, 4.69) is 49.1 Å². The molecule has 11 nitrogen and oxygen atoms in total. The summed E-state index contributed by atoms with van der Waals surface area (Å²) >= 11 is 0. The molecule has 1 fully saturated rings. The maximum atomic E-state index is 13.6. The van der Waals surface area contributed by atoms with Gasteiger partial charge in [0.05, 0.1) is 34.5 Å². The maximum Gasteiger partial charge on any atom is 0.387 e. The Kier molecular flexibility index (Phi) is 9.12. The quantitative estimate of drug-likeness (QED) is 0.249. The van der Waals surface area contributed by atoms with Gasteiger partial charge in [-0.05, 0) is 37.4 Å². The van der Waals surface area contributed by atoms with Crippen molar-refractivity contribution in [3.05, 3.63) is 61.4 Å². The van der Waals surface area contributed by atoms with Gasteiger partial charge in [0.1, 0.15) is 0 Å². The third-order valence-corrected chi connectivity index (χ3v) is 7.46. The van der Waals surface area contributed by atoms with E-state index in [9.17, 15) is 13.6 Å². The van der Waals surface area contributed by atoms with Gasteiger partial charge in [-0.25, -0.2) is 9.97 Å². The molecule has 13 heteroatoms. The van der Waals surface area contributed by atoms with E-state index >= 15 is 0 Å². The van der Waals surface area contributed by atoms with E-state index in [4.69, 9.17) is 4.74 Å². The summed E-state index contributed by atoms with van der Waals surface area (Å²) in [6, 6.07) is 10.6. The van der Waals surface area contributed by atoms with Crippen molar-refractivity contribution in [1.82, 2.24) is 29.5 Å². The third kappa shape index (κ3) is 7.24. The maximum absolute atomic E-state index is 13.6. The number of alkyl halides is 2. The molecule has 0 aliphatic carbocycles. The highest BCUT2D eigenvalue weighted by atomic mass is 19.3. The van der Waals surface area contributed by atoms with Gasteiger partial charge in [-0.15, -0.1) is 0 Å². The van der Waals surface area contributed by atoms with Crippen molar-refractivity contribution in [3.63, 3.8) is 0 Å². The molecule has 5 rings (SSSR count). The number of ether oxygens (including phenoxy) is 1. The first-order chi connectivity index (χ1) is 20.7. The lowest BCUT2D eigenvalue weighted by Crippen LogP contribution is -2.46. The van der Waals surface area contributed by atoms with Gasteiger partial charge in [-0.2, -0.15) is 13.9 Å². The number of likely N-dealkylation sites (N-methyl/N-ethyl adjacent to an activating group) is 2. The van der Waals surface area contributed by atoms with Crippen LogP contribution in [0.15, 0.2) is 61.4 Å². The van der Waals surface area contributed by atoms with Gasteiger partial charge in [0.15, 0.2) is 5.75 Å². The average Bonchev–Trinajstić information content (AvgIpc) is 3.37. The Labute approximate surface area is 248 Å². The number of halogens is 2. The van der Waals surface area contributed by atoms with Gasteiger partial charge in [0.25, 0.3) is 0 Å². The molecular formula is C30H35F2N9O2. The minimum Gasteiger partial charge on any atom is -0.433 e. The zero-order valence-corrected chi connectivity index (χ0v) is 24.4. The molecule has 3 heterocycles. The molecule has 0 radical (unpaired) electrons. The highest BCUT2D eigenvalue weighted by molar-refractivity contribution is 6.02. The van der Waals surface area contributed by atoms with Crippen molar-refractivity contribution < 1.29 is 18.3 Å². The van der Waals surface area contributed by atoms with Crippen LogP contribution in [0.2, 0.25) is 0 Å². The number of piperazine rings is 1. The van der Waals surface area contributed by atoms with Crippen LogP contribution in [0.4, 0.5) is 31.8 Å². The number of benzene rings is 2. The van der Waals surface area contributed by atoms with Crippen LogP contribution in [0.25, 0.3) is 22.2 Å². The van der Waals surface area contributed by atoms with Crippen LogP contribution in [-0.2, 0) is 11.8 Å². The largest absolute Gasteiger partial charge is 0.433 e. The van der Waals surface area contributed by atoms with Gasteiger partial charge in [0, 0.05) is 76.6 Å². The number of aromatic nitrogens is 4. The van der Waals surface area contributed by atoms with E-state index in [0.29, 0.717) is 23.6 Å². The predicted molar refractivity (Wildman–Crippen MR) is 164 cm³/mol. The van der Waals surface area contributed by atoms with Crippen LogP contribution in [0.3, 0.4) is 0 Å². The van der Waals surface area contributed by atoms with E-state index in [1.54, 1.807) is 29.2 Å². The molecule has 226 valence electrons. The Morgan fingerprint density at radius 1 is 1.14 bits per heavy atom. The lowest BCUT2D eigenvalue weighted by atomic mass is 10.1. The Hall–Kier alpha value is -4.62. The number of amides is 1. The number of anilines is 4. The number of fused-ring (bicyclic) bond motifs is 1. The number of rotatable bonds is 11. The van der Waals surface area contributed by atoms with E-state index in [1.807, 2.05) is 37.2 Å². The average molecular weight is 592 g/mol. The summed E-state index contributed by atoms with van der Waals surface area (Å²) in [5, 5.41) is 11.0. The van der Waals surface area contributed by atoms with Gasteiger partial charge < -0.3 is 25.2 Å². The van der Waals surface area contributed by atoms with Gasteiger partial charge in [-0.3, -0.25) is 14.4 Å². The molecule has 2 aromatic carbocycles. The molecule has 0 unspecified atom stereocenters. The molecule has 2 N–H and O–H groups in total. The SMILES string of the molecule is C=CC(=O)Nc1cc(Nc2nccc(-c3ccc4c(cnn4C)c3)n2)c(OC(F)F)cc1N(C)CCN1CCN(C)CC1. The van der Waals surface area contributed by atoms with Crippen molar-refractivity contribution in [2.75, 3.05) is 68.9 Å². The van der Waals surface area contributed by atoms with Crippen LogP contribution in [0, 0.1) is 0 Å². The topological polar surface area (TPSA) is 104 Å². The van der Waals surface area contributed by atoms with Crippen LogP contribution in [-0.4, -0.2) is 95.4 Å². The first kappa shape index (κ1) is 29.9. The number of carbonyl (C=O) groups excluding carboxylic acids is 1. The first-order valence-corrected chi connectivity index (χ1v) is 13.9. The number of hydrogen-bond acceptors (Lipinski definition) is 9. The van der Waals surface area contributed by atoms with Crippen LogP contribution in [0.1, 0.15) is 0 Å². The number of carbonyl (C=O) groups is 1. The fourth-order valence-corrected chi connectivity index (χ4v) is 4.97. The summed E-state index contributed by atoms with van der Waals surface area (Å²) in [5.74, 6) is -0.384. The molecule has 1 aliphatic rings. The molecule has 4 aromatic rings. The zero-order valence-electron chi connectivity index (χ0n) is 24.4. The van der Waals surface area contributed by atoms with Crippen LogP contribution >= 0.6 is 0 Å². The summed E-state index contributed by atoms with van der Waals surface area (Å²) in [6.45, 7) is 5.71. The third-order valence-electron chi connectivity index (χ3n) is 7.46. The lowest BCUT2D eigenvalue weighted by Gasteiger charge is -2.34. The van der Waals surface area contributed by atoms with Crippen molar-refractivity contribution in [2.45, 2.75) is 6.61 Å². The van der Waals surface area contributed by atoms with Crippen molar-refractivity contribution >= 4 is 39.8 Å². The minimum absolute atomic E-state index is 0.112. The summed E-state index contributed by atoms with van der Waals surface area (Å²) in [7, 11) is 5.82. The summed E-state index contributed by atoms with van der Waals surface area (Å²) in [5.41, 5.74) is 3.52. The Morgan fingerprint density at radius 2 is 1.93 bits per heavy atom. The van der Waals surface area contributed by atoms with Crippen molar-refractivity contribution in [3.8, 4) is 17.0 Å². The summed E-state index contributed by atoms with van der Waals surface area (Å²) in [6.07, 6.45) is 4.50. The monoisotopic (exact) mass is 591 g/mol. The highest BCUT2D eigenvalue weighted by Crippen LogP contribution is 2.39. The second kappa shape index (κ2) is 13.1. The Morgan fingerprint density at radius 3 is 2.67 bits per heavy atom. The minimum atomic E-state index is -3.07. The lowest BCUT2D eigenvalue weighted by molar-refractivity contribution is -0.111. The number of aryl methyl sites for hydroxylation is 1. The molecular weight excluding hydrogens is 556 g/mol. The zero-order chi connectivity index (χ0) is 30.5. The van der Waals surface area contributed by atoms with Gasteiger partial charge >= 0.3 is 6.61 Å². The number of nitrogens with zero attached hydrogens (tertiary/aromatic N) is 7. The predicted octanol–water partition coefficient (Wildman–Crippen LogP) is 4.18. The fourth-order valence-electron chi connectivity index (χ4n) is 4.97. The van der Waals surface area contributed by atoms with E-state index in [0.717, 1.165) is 55.3 Å². The summed E-state index contributed by atoms with van der Waals surface area (Å²) < 4.78 is 33.9. The van der Waals surface area contributed by atoms with E-state index in [1.165, 1.54) is 6.07 Å². The molecule has 1 aliphatic heterocycles. The second-order valence-electron chi connectivity index (χ2n) is 10.4. The Balaban J connectivity index is 1.44. The standard InChI is InChI=1S/C30H35F2N9O2/c1-5-28(42)35-23-17-24(27(43-29(31)32)18-26(23)39(3)12-15-41-13-10-38(2)11-14-41)37-30-33-9-8-22(36-30)20-6-7-25-21(16-20)19-34-40(25)4/h5-9,16-19,29H,1,10-15H2,2-4H3,(H,35,42)(H,33,36,37). The summed E-state index contributed by atoms with van der Waals surface area (Å²) in [4.78, 5) is 27.8. The Bertz CT molecular complexity index is 1600. The molecule has 0 atom stereocenters.